The van der Waals surface area contributed by atoms with Crippen LogP contribution in [0.2, 0.25) is 0 Å². The molecule has 2 aliphatic rings. The van der Waals surface area contributed by atoms with Crippen LogP contribution in [0.3, 0.4) is 0 Å². The number of amides is 1. The molecule has 0 unspecified atom stereocenters. The molecule has 0 atom stereocenters. The summed E-state index contributed by atoms with van der Waals surface area (Å²) in [6.07, 6.45) is -4.74. The van der Waals surface area contributed by atoms with Crippen molar-refractivity contribution in [1.29, 1.82) is 0 Å². The Kier molecular flexibility index (Phi) is 3.82. The number of carbonyl (C=O) groups excluding carboxylic acids is 1. The van der Waals surface area contributed by atoms with Crippen LogP contribution in [0.15, 0.2) is 0 Å². The van der Waals surface area contributed by atoms with E-state index >= 15 is 0 Å². The van der Waals surface area contributed by atoms with Gasteiger partial charge in [0.15, 0.2) is 5.79 Å². The number of nitrogens with zero attached hydrogens (tertiary/aromatic N) is 1. The molecule has 7 heteroatoms. The van der Waals surface area contributed by atoms with Crippen LogP contribution in [-0.2, 0) is 14.3 Å². The quantitative estimate of drug-likeness (QED) is 0.764. The van der Waals surface area contributed by atoms with Gasteiger partial charge in [-0.3, -0.25) is 4.79 Å². The minimum atomic E-state index is -4.27. The first kappa shape index (κ1) is 13.6. The van der Waals surface area contributed by atoms with Crippen molar-refractivity contribution in [1.82, 2.24) is 4.90 Å². The third-order valence-electron chi connectivity index (χ3n) is 3.31. The van der Waals surface area contributed by atoms with E-state index in [0.717, 1.165) is 0 Å². The van der Waals surface area contributed by atoms with E-state index < -0.39 is 30.7 Å². The summed E-state index contributed by atoms with van der Waals surface area (Å²) in [6.45, 7) is 1.89. The Labute approximate surface area is 103 Å². The highest BCUT2D eigenvalue weighted by Gasteiger charge is 2.41. The summed E-state index contributed by atoms with van der Waals surface area (Å²) >= 11 is 0. The second-order valence-electron chi connectivity index (χ2n) is 4.60. The topological polar surface area (TPSA) is 38.8 Å². The smallest absolute Gasteiger partial charge is 0.347 e. The van der Waals surface area contributed by atoms with Crippen molar-refractivity contribution in [3.8, 4) is 0 Å². The fourth-order valence-corrected chi connectivity index (χ4v) is 2.29. The number of alkyl halides is 3. The molecule has 0 aromatic heterocycles. The van der Waals surface area contributed by atoms with E-state index in [4.69, 9.17) is 9.47 Å². The van der Waals surface area contributed by atoms with Crippen molar-refractivity contribution < 1.29 is 27.4 Å². The van der Waals surface area contributed by atoms with Crippen LogP contribution in [0.5, 0.6) is 0 Å². The van der Waals surface area contributed by atoms with Gasteiger partial charge in [0, 0.05) is 32.4 Å². The monoisotopic (exact) mass is 267 g/mol. The Balaban J connectivity index is 1.77. The van der Waals surface area contributed by atoms with Crippen LogP contribution in [0.25, 0.3) is 0 Å². The van der Waals surface area contributed by atoms with Crippen molar-refractivity contribution in [3.05, 3.63) is 0 Å². The van der Waals surface area contributed by atoms with Crippen LogP contribution in [0.4, 0.5) is 13.2 Å². The van der Waals surface area contributed by atoms with Gasteiger partial charge in [0.05, 0.1) is 19.6 Å². The van der Waals surface area contributed by atoms with Gasteiger partial charge in [-0.15, -0.1) is 0 Å². The van der Waals surface area contributed by atoms with Crippen molar-refractivity contribution in [2.24, 2.45) is 0 Å². The second-order valence-corrected chi connectivity index (χ2v) is 4.60. The summed E-state index contributed by atoms with van der Waals surface area (Å²) < 4.78 is 47.0. The van der Waals surface area contributed by atoms with Gasteiger partial charge in [-0.05, 0) is 0 Å². The Morgan fingerprint density at radius 1 is 1.17 bits per heavy atom. The van der Waals surface area contributed by atoms with Gasteiger partial charge in [0.25, 0.3) is 0 Å². The fourth-order valence-electron chi connectivity index (χ4n) is 2.29. The zero-order valence-electron chi connectivity index (χ0n) is 9.96. The van der Waals surface area contributed by atoms with Crippen LogP contribution < -0.4 is 0 Å². The molecule has 4 nitrogen and oxygen atoms in total. The minimum absolute atomic E-state index is 0.399. The highest BCUT2D eigenvalue weighted by molar-refractivity contribution is 5.76. The number of ether oxygens (including phenoxy) is 2. The highest BCUT2D eigenvalue weighted by Crippen LogP contribution is 2.31. The lowest BCUT2D eigenvalue weighted by Gasteiger charge is -2.37. The number of hydrogen-bond acceptors (Lipinski definition) is 3. The number of likely N-dealkylation sites (tertiary alicyclic amines) is 1. The van der Waals surface area contributed by atoms with Crippen molar-refractivity contribution in [2.45, 2.75) is 37.6 Å². The predicted molar refractivity (Wildman–Crippen MR) is 55.7 cm³/mol. The molecule has 0 bridgehead atoms. The van der Waals surface area contributed by atoms with Crippen molar-refractivity contribution in [3.63, 3.8) is 0 Å². The van der Waals surface area contributed by atoms with Crippen LogP contribution in [0.1, 0.15) is 25.7 Å². The third kappa shape index (κ3) is 3.35. The molecule has 0 aromatic rings. The molecule has 18 heavy (non-hydrogen) atoms. The predicted octanol–water partition coefficient (Wildman–Crippen LogP) is 1.69. The molecular formula is C11H16F3NO3. The Bertz CT molecular complexity index is 303. The molecule has 0 aromatic carbocycles. The summed E-state index contributed by atoms with van der Waals surface area (Å²) in [4.78, 5) is 13.1. The van der Waals surface area contributed by atoms with Crippen LogP contribution in [0, 0.1) is 0 Å². The van der Waals surface area contributed by atoms with Crippen molar-refractivity contribution in [2.75, 3.05) is 26.3 Å². The number of rotatable bonds is 2. The third-order valence-corrected chi connectivity index (χ3v) is 3.31. The van der Waals surface area contributed by atoms with Gasteiger partial charge in [0.1, 0.15) is 0 Å². The Hall–Kier alpha value is -0.820. The molecule has 0 saturated carbocycles. The van der Waals surface area contributed by atoms with E-state index in [0.29, 0.717) is 39.1 Å². The van der Waals surface area contributed by atoms with E-state index in [1.165, 1.54) is 4.90 Å². The van der Waals surface area contributed by atoms with Gasteiger partial charge < -0.3 is 14.4 Å². The molecule has 2 aliphatic heterocycles. The summed E-state index contributed by atoms with van der Waals surface area (Å²) in [6, 6.07) is 0. The zero-order valence-corrected chi connectivity index (χ0v) is 9.96. The van der Waals surface area contributed by atoms with Gasteiger partial charge in [-0.25, -0.2) is 0 Å². The highest BCUT2D eigenvalue weighted by atomic mass is 19.4. The molecule has 2 heterocycles. The van der Waals surface area contributed by atoms with E-state index in [9.17, 15) is 18.0 Å². The average molecular weight is 267 g/mol. The summed E-state index contributed by atoms with van der Waals surface area (Å²) in [7, 11) is 0. The van der Waals surface area contributed by atoms with Gasteiger partial charge in [0.2, 0.25) is 5.91 Å². The first-order chi connectivity index (χ1) is 8.40. The summed E-state index contributed by atoms with van der Waals surface area (Å²) in [5.74, 6) is -1.04. The summed E-state index contributed by atoms with van der Waals surface area (Å²) in [5.41, 5.74) is 0. The molecule has 104 valence electrons. The molecule has 0 N–H and O–H groups in total. The van der Waals surface area contributed by atoms with Crippen molar-refractivity contribution >= 4 is 5.91 Å². The lowest BCUT2D eigenvalue weighted by molar-refractivity contribution is -0.188. The maximum atomic E-state index is 12.0. The van der Waals surface area contributed by atoms with Gasteiger partial charge >= 0.3 is 6.18 Å². The van der Waals surface area contributed by atoms with E-state index in [-0.39, 0.29) is 0 Å². The minimum Gasteiger partial charge on any atom is -0.347 e. The molecule has 2 saturated heterocycles. The standard InChI is InChI=1S/C11H16F3NO3/c12-11(13,14)2-1-9(16)15-5-3-10(4-6-15)17-7-8-18-10/h1-8H2. The lowest BCUT2D eigenvalue weighted by Crippen LogP contribution is -2.47. The SMILES string of the molecule is O=C(CCC(F)(F)F)N1CCC2(CC1)OCCO2. The lowest BCUT2D eigenvalue weighted by atomic mass is 10.0. The number of carbonyl (C=O) groups is 1. The first-order valence-corrected chi connectivity index (χ1v) is 6.03. The van der Waals surface area contributed by atoms with Gasteiger partial charge in [-0.1, -0.05) is 0 Å². The molecule has 2 fully saturated rings. The largest absolute Gasteiger partial charge is 0.389 e. The maximum Gasteiger partial charge on any atom is 0.389 e. The second kappa shape index (κ2) is 5.05. The van der Waals surface area contributed by atoms with E-state index in [1.54, 1.807) is 0 Å². The van der Waals surface area contributed by atoms with E-state index in [2.05, 4.69) is 0 Å². The fraction of sp³-hybridized carbons (Fsp3) is 0.909. The molecule has 0 aliphatic carbocycles. The van der Waals surface area contributed by atoms with Crippen LogP contribution in [-0.4, -0.2) is 49.1 Å². The Morgan fingerprint density at radius 3 is 2.22 bits per heavy atom. The maximum absolute atomic E-state index is 12.0. The van der Waals surface area contributed by atoms with E-state index in [1.807, 2.05) is 0 Å². The molecule has 0 radical (unpaired) electrons. The number of halogens is 3. The normalized spacial score (nSPS) is 23.6. The number of hydrogen-bond donors (Lipinski definition) is 0. The average Bonchev–Trinajstić information content (AvgIpc) is 2.75. The number of piperidine rings is 1. The van der Waals surface area contributed by atoms with Crippen LogP contribution >= 0.6 is 0 Å². The summed E-state index contributed by atoms with van der Waals surface area (Å²) in [5, 5.41) is 0. The first-order valence-electron chi connectivity index (χ1n) is 6.03. The Morgan fingerprint density at radius 2 is 1.72 bits per heavy atom. The molecule has 1 amide bonds. The zero-order chi connectivity index (χ0) is 13.2. The molecular weight excluding hydrogens is 251 g/mol. The molecule has 2 rings (SSSR count). The molecule has 1 spiro atoms. The van der Waals surface area contributed by atoms with Gasteiger partial charge in [-0.2, -0.15) is 13.2 Å².